The molecular weight excluding hydrogens is 409 g/mol. The molecule has 31 heavy (non-hydrogen) atoms. The van der Waals surface area contributed by atoms with Gasteiger partial charge in [0.15, 0.2) is 5.78 Å². The van der Waals surface area contributed by atoms with E-state index in [0.717, 1.165) is 11.4 Å². The highest BCUT2D eigenvalue weighted by atomic mass is 19.4. The number of methoxy groups -OCH3 is 1. The number of alkyl halides is 3. The van der Waals surface area contributed by atoms with Crippen molar-refractivity contribution in [2.75, 3.05) is 43.1 Å². The Morgan fingerprint density at radius 1 is 1.00 bits per heavy atom. The van der Waals surface area contributed by atoms with Gasteiger partial charge in [0.2, 0.25) is 5.82 Å². The van der Waals surface area contributed by atoms with Crippen LogP contribution in [0.4, 0.5) is 24.7 Å². The molecule has 0 bridgehead atoms. The smallest absolute Gasteiger partial charge is 0.451 e. The fraction of sp³-hybridized carbons (Fsp3) is 0.318. The molecule has 0 spiro atoms. The third-order valence-electron chi connectivity index (χ3n) is 5.34. The van der Waals surface area contributed by atoms with Gasteiger partial charge in [0.25, 0.3) is 0 Å². The first kappa shape index (κ1) is 20.9. The van der Waals surface area contributed by atoms with E-state index in [1.807, 2.05) is 29.2 Å². The van der Waals surface area contributed by atoms with E-state index in [-0.39, 0.29) is 17.1 Å². The van der Waals surface area contributed by atoms with Gasteiger partial charge in [0, 0.05) is 37.1 Å². The molecule has 4 rings (SSSR count). The molecule has 9 heteroatoms. The van der Waals surface area contributed by atoms with Crippen molar-refractivity contribution in [2.24, 2.45) is 0 Å². The fourth-order valence-corrected chi connectivity index (χ4v) is 3.75. The van der Waals surface area contributed by atoms with Gasteiger partial charge in [-0.2, -0.15) is 13.2 Å². The highest BCUT2D eigenvalue weighted by Crippen LogP contribution is 2.34. The average Bonchev–Trinajstić information content (AvgIpc) is 2.77. The minimum Gasteiger partial charge on any atom is -0.495 e. The molecule has 1 aliphatic rings. The largest absolute Gasteiger partial charge is 0.495 e. The van der Waals surface area contributed by atoms with Crippen molar-refractivity contribution >= 4 is 28.2 Å². The Labute approximate surface area is 177 Å². The third kappa shape index (κ3) is 4.12. The number of benzene rings is 2. The van der Waals surface area contributed by atoms with Crippen molar-refractivity contribution < 1.29 is 22.7 Å². The van der Waals surface area contributed by atoms with Gasteiger partial charge in [-0.25, -0.2) is 9.97 Å². The molecule has 3 aromatic rings. The Kier molecular flexibility index (Phi) is 5.43. The van der Waals surface area contributed by atoms with E-state index < -0.39 is 12.0 Å². The Morgan fingerprint density at radius 3 is 2.32 bits per heavy atom. The Balaban J connectivity index is 1.70. The predicted molar refractivity (Wildman–Crippen MR) is 112 cm³/mol. The molecule has 0 amide bonds. The molecule has 0 radical (unpaired) electrons. The van der Waals surface area contributed by atoms with Crippen LogP contribution in [-0.4, -0.2) is 49.0 Å². The standard InChI is InChI=1S/C22H21F3N4O2/c1-14(30)15-7-8-17-16(13-15)20(27-21(26-17)22(23,24)25)29-11-9-28(10-12-29)18-5-3-4-6-19(18)31-2/h3-8,13H,9-12H2,1-2H3. The molecule has 162 valence electrons. The zero-order valence-electron chi connectivity index (χ0n) is 17.1. The van der Waals surface area contributed by atoms with Crippen LogP contribution in [0.1, 0.15) is 23.1 Å². The van der Waals surface area contributed by atoms with Crippen LogP contribution in [0.2, 0.25) is 0 Å². The van der Waals surface area contributed by atoms with Gasteiger partial charge in [-0.05, 0) is 37.3 Å². The van der Waals surface area contributed by atoms with Crippen LogP contribution in [0.5, 0.6) is 5.75 Å². The summed E-state index contributed by atoms with van der Waals surface area (Å²) in [5.41, 5.74) is 1.51. The summed E-state index contributed by atoms with van der Waals surface area (Å²) < 4.78 is 45.7. The topological polar surface area (TPSA) is 58.6 Å². The molecule has 6 nitrogen and oxygen atoms in total. The number of carbonyl (C=O) groups is 1. The number of ketones is 1. The summed E-state index contributed by atoms with van der Waals surface area (Å²) in [6, 6.07) is 12.1. The van der Waals surface area contributed by atoms with Crippen molar-refractivity contribution in [3.63, 3.8) is 0 Å². The maximum Gasteiger partial charge on any atom is 0.451 e. The minimum atomic E-state index is -4.67. The number of rotatable bonds is 4. The third-order valence-corrected chi connectivity index (χ3v) is 5.34. The van der Waals surface area contributed by atoms with Gasteiger partial charge >= 0.3 is 6.18 Å². The SMILES string of the molecule is COc1ccccc1N1CCN(c2nc(C(F)(F)F)nc3ccc(C(C)=O)cc23)CC1. The Hall–Kier alpha value is -3.36. The maximum atomic E-state index is 13.4. The normalized spacial score (nSPS) is 14.7. The van der Waals surface area contributed by atoms with E-state index in [1.54, 1.807) is 13.2 Å². The number of ether oxygens (including phenoxy) is 1. The number of anilines is 2. The van der Waals surface area contributed by atoms with Crippen LogP contribution in [-0.2, 0) is 6.18 Å². The fourth-order valence-electron chi connectivity index (χ4n) is 3.75. The lowest BCUT2D eigenvalue weighted by Crippen LogP contribution is -2.47. The molecule has 0 N–H and O–H groups in total. The number of aromatic nitrogens is 2. The Bertz CT molecular complexity index is 1130. The first-order valence-electron chi connectivity index (χ1n) is 9.81. The average molecular weight is 430 g/mol. The molecule has 0 atom stereocenters. The van der Waals surface area contributed by atoms with Crippen LogP contribution >= 0.6 is 0 Å². The molecule has 0 saturated carbocycles. The van der Waals surface area contributed by atoms with Crippen molar-refractivity contribution in [1.82, 2.24) is 9.97 Å². The van der Waals surface area contributed by atoms with Gasteiger partial charge in [-0.15, -0.1) is 0 Å². The number of piperazine rings is 1. The monoisotopic (exact) mass is 430 g/mol. The van der Waals surface area contributed by atoms with Crippen molar-refractivity contribution in [1.29, 1.82) is 0 Å². The summed E-state index contributed by atoms with van der Waals surface area (Å²) in [4.78, 5) is 23.3. The van der Waals surface area contributed by atoms with E-state index in [1.165, 1.54) is 19.1 Å². The van der Waals surface area contributed by atoms with Crippen molar-refractivity contribution in [3.8, 4) is 5.75 Å². The van der Waals surface area contributed by atoms with Gasteiger partial charge in [-0.3, -0.25) is 4.79 Å². The van der Waals surface area contributed by atoms with Gasteiger partial charge in [0.05, 0.1) is 18.3 Å². The molecular formula is C22H21F3N4O2. The number of nitrogens with zero attached hydrogens (tertiary/aromatic N) is 4. The molecule has 1 aliphatic heterocycles. The first-order chi connectivity index (χ1) is 14.8. The number of hydrogen-bond donors (Lipinski definition) is 0. The number of para-hydroxylation sites is 2. The highest BCUT2D eigenvalue weighted by molar-refractivity contribution is 6.00. The lowest BCUT2D eigenvalue weighted by molar-refractivity contribution is -0.144. The van der Waals surface area contributed by atoms with Gasteiger partial charge in [-0.1, -0.05) is 12.1 Å². The van der Waals surface area contributed by atoms with E-state index in [4.69, 9.17) is 4.74 Å². The van der Waals surface area contributed by atoms with Gasteiger partial charge in [0.1, 0.15) is 11.6 Å². The number of hydrogen-bond acceptors (Lipinski definition) is 6. The van der Waals surface area contributed by atoms with Crippen molar-refractivity contribution in [2.45, 2.75) is 13.1 Å². The predicted octanol–water partition coefficient (Wildman–Crippen LogP) is 4.19. The summed E-state index contributed by atoms with van der Waals surface area (Å²) >= 11 is 0. The number of carbonyl (C=O) groups excluding carboxylic acids is 1. The minimum absolute atomic E-state index is 0.162. The molecule has 2 aromatic carbocycles. The van der Waals surface area contributed by atoms with Crippen LogP contribution < -0.4 is 14.5 Å². The molecule has 1 aromatic heterocycles. The summed E-state index contributed by atoms with van der Waals surface area (Å²) in [5, 5.41) is 0.437. The summed E-state index contributed by atoms with van der Waals surface area (Å²) in [7, 11) is 1.60. The second-order valence-corrected chi connectivity index (χ2v) is 7.30. The lowest BCUT2D eigenvalue weighted by atomic mass is 10.1. The molecule has 1 fully saturated rings. The number of halogens is 3. The van der Waals surface area contributed by atoms with E-state index in [2.05, 4.69) is 14.9 Å². The number of Topliss-reactive ketones (excluding diaryl/α,β-unsaturated/α-hetero) is 1. The molecule has 2 heterocycles. The highest BCUT2D eigenvalue weighted by Gasteiger charge is 2.36. The summed E-state index contributed by atoms with van der Waals surface area (Å²) in [5.74, 6) is -0.416. The van der Waals surface area contributed by atoms with Crippen LogP contribution in [0, 0.1) is 0 Å². The van der Waals surface area contributed by atoms with Crippen molar-refractivity contribution in [3.05, 3.63) is 53.9 Å². The summed E-state index contributed by atoms with van der Waals surface area (Å²) in [6.07, 6.45) is -4.67. The second kappa shape index (κ2) is 8.05. The lowest BCUT2D eigenvalue weighted by Gasteiger charge is -2.37. The zero-order valence-corrected chi connectivity index (χ0v) is 17.1. The Morgan fingerprint density at radius 2 is 1.68 bits per heavy atom. The molecule has 0 aliphatic carbocycles. The summed E-state index contributed by atoms with van der Waals surface area (Å²) in [6.45, 7) is 3.51. The zero-order chi connectivity index (χ0) is 22.2. The van der Waals surface area contributed by atoms with Crippen LogP contribution in [0.3, 0.4) is 0 Å². The number of fused-ring (bicyclic) bond motifs is 1. The first-order valence-corrected chi connectivity index (χ1v) is 9.81. The molecule has 0 unspecified atom stereocenters. The van der Waals surface area contributed by atoms with Gasteiger partial charge < -0.3 is 14.5 Å². The van der Waals surface area contributed by atoms with E-state index in [0.29, 0.717) is 37.1 Å². The molecule has 1 saturated heterocycles. The van der Waals surface area contributed by atoms with Crippen LogP contribution in [0.25, 0.3) is 10.9 Å². The van der Waals surface area contributed by atoms with E-state index >= 15 is 0 Å². The maximum absolute atomic E-state index is 13.4. The quantitative estimate of drug-likeness (QED) is 0.579. The second-order valence-electron chi connectivity index (χ2n) is 7.30. The van der Waals surface area contributed by atoms with Crippen LogP contribution in [0.15, 0.2) is 42.5 Å². The van der Waals surface area contributed by atoms with E-state index in [9.17, 15) is 18.0 Å².